The van der Waals surface area contributed by atoms with Crippen LogP contribution in [0.3, 0.4) is 0 Å². The lowest BCUT2D eigenvalue weighted by atomic mass is 9.79. The van der Waals surface area contributed by atoms with Gasteiger partial charge in [0, 0.05) is 59.9 Å². The number of nitrogens with zero attached hydrogens (tertiary/aromatic N) is 2. The summed E-state index contributed by atoms with van der Waals surface area (Å²) in [6.07, 6.45) is 14.5. The minimum Gasteiger partial charge on any atom is -0.333 e. The van der Waals surface area contributed by atoms with Crippen LogP contribution in [0, 0.1) is 0 Å². The number of rotatable bonds is 5. The van der Waals surface area contributed by atoms with Gasteiger partial charge in [0.2, 0.25) is 0 Å². The molecule has 0 saturated heterocycles. The lowest BCUT2D eigenvalue weighted by molar-refractivity contribution is 0.651. The standard InChI is InChI=1S/C51H40N2S/c1-51(2)45-24-13-12-21-39(45)41-31-43-42-29-33(25-27-47(42)53(48(43)32-46(41)51)36-19-10-5-11-20-36)38-22-14-23-40-44-30-37(26-28-49(44)54-50(38)40)52(34-15-6-3-7-16-34)35-17-8-4-9-18-35/h3-11,13-20,22-32,42,47H,12,21H2,1-2H3. The molecule has 3 aliphatic carbocycles. The Hall–Kier alpha value is -5.90. The Morgan fingerprint density at radius 3 is 2.19 bits per heavy atom. The maximum Gasteiger partial charge on any atom is 0.0630 e. The second-order valence-corrected chi connectivity index (χ2v) is 16.6. The first-order valence-electron chi connectivity index (χ1n) is 19.2. The highest BCUT2D eigenvalue weighted by Crippen LogP contribution is 2.57. The monoisotopic (exact) mass is 712 g/mol. The quantitative estimate of drug-likeness (QED) is 0.175. The van der Waals surface area contributed by atoms with E-state index in [1.807, 2.05) is 11.3 Å². The van der Waals surface area contributed by atoms with Crippen molar-refractivity contribution in [2.75, 3.05) is 9.80 Å². The molecule has 0 N–H and O–H groups in total. The van der Waals surface area contributed by atoms with E-state index in [9.17, 15) is 0 Å². The van der Waals surface area contributed by atoms with Gasteiger partial charge in [-0.1, -0.05) is 117 Å². The summed E-state index contributed by atoms with van der Waals surface area (Å²) in [6.45, 7) is 4.83. The van der Waals surface area contributed by atoms with Gasteiger partial charge in [-0.05, 0) is 119 Å². The molecule has 0 spiro atoms. The average Bonchev–Trinajstić information content (AvgIpc) is 3.83. The Labute approximate surface area is 321 Å². The molecule has 54 heavy (non-hydrogen) atoms. The second kappa shape index (κ2) is 12.1. The molecule has 4 aliphatic rings. The molecule has 7 aromatic rings. The van der Waals surface area contributed by atoms with Gasteiger partial charge in [-0.25, -0.2) is 0 Å². The molecule has 0 bridgehead atoms. The van der Waals surface area contributed by atoms with E-state index in [0.717, 1.165) is 29.9 Å². The lowest BCUT2D eigenvalue weighted by Gasteiger charge is -2.30. The van der Waals surface area contributed by atoms with Gasteiger partial charge >= 0.3 is 0 Å². The molecule has 260 valence electrons. The molecule has 0 amide bonds. The maximum absolute atomic E-state index is 2.60. The number of para-hydroxylation sites is 3. The molecule has 2 atom stereocenters. The Kier molecular flexibility index (Phi) is 7.06. The minimum atomic E-state index is -0.000511. The molecule has 0 saturated carbocycles. The van der Waals surface area contributed by atoms with Crippen molar-refractivity contribution in [1.29, 1.82) is 0 Å². The van der Waals surface area contributed by atoms with Crippen LogP contribution < -0.4 is 9.80 Å². The first-order chi connectivity index (χ1) is 26.5. The molecular formula is C51H40N2S. The van der Waals surface area contributed by atoms with Gasteiger partial charge in [0.1, 0.15) is 0 Å². The van der Waals surface area contributed by atoms with E-state index in [4.69, 9.17) is 0 Å². The third-order valence-electron chi connectivity index (χ3n) is 12.2. The van der Waals surface area contributed by atoms with Gasteiger partial charge in [-0.3, -0.25) is 0 Å². The van der Waals surface area contributed by atoms with Crippen LogP contribution in [-0.4, -0.2) is 6.04 Å². The van der Waals surface area contributed by atoms with Crippen molar-refractivity contribution in [3.63, 3.8) is 0 Å². The van der Waals surface area contributed by atoms with E-state index in [1.54, 1.807) is 5.57 Å². The predicted octanol–water partition coefficient (Wildman–Crippen LogP) is 14.2. The van der Waals surface area contributed by atoms with E-state index in [1.165, 1.54) is 64.9 Å². The van der Waals surface area contributed by atoms with Crippen LogP contribution in [0.4, 0.5) is 28.4 Å². The molecule has 11 rings (SSSR count). The van der Waals surface area contributed by atoms with Crippen LogP contribution in [-0.2, 0) is 5.41 Å². The van der Waals surface area contributed by atoms with Gasteiger partial charge < -0.3 is 9.80 Å². The van der Waals surface area contributed by atoms with Crippen LogP contribution in [0.15, 0.2) is 175 Å². The predicted molar refractivity (Wildman–Crippen MR) is 231 cm³/mol. The summed E-state index contributed by atoms with van der Waals surface area (Å²) in [7, 11) is 0. The Bertz CT molecular complexity index is 2710. The van der Waals surface area contributed by atoms with Crippen molar-refractivity contribution in [3.05, 3.63) is 198 Å². The summed E-state index contributed by atoms with van der Waals surface area (Å²) in [5.41, 5.74) is 16.1. The molecule has 0 fully saturated rings. The molecule has 1 aromatic heterocycles. The molecule has 0 radical (unpaired) electrons. The molecule has 2 heterocycles. The number of hydrogen-bond acceptors (Lipinski definition) is 3. The van der Waals surface area contributed by atoms with Gasteiger partial charge in [-0.15, -0.1) is 11.3 Å². The number of anilines is 5. The second-order valence-electron chi connectivity index (χ2n) is 15.6. The fraction of sp³-hybridized carbons (Fsp3) is 0.137. The van der Waals surface area contributed by atoms with E-state index in [-0.39, 0.29) is 17.4 Å². The first-order valence-corrected chi connectivity index (χ1v) is 20.1. The number of benzene rings is 6. The molecule has 2 nitrogen and oxygen atoms in total. The summed E-state index contributed by atoms with van der Waals surface area (Å²) in [6, 6.07) is 51.6. The van der Waals surface area contributed by atoms with Crippen molar-refractivity contribution in [1.82, 2.24) is 0 Å². The van der Waals surface area contributed by atoms with Gasteiger partial charge in [0.25, 0.3) is 0 Å². The number of hydrogen-bond donors (Lipinski definition) is 0. The highest BCUT2D eigenvalue weighted by molar-refractivity contribution is 7.26. The first kappa shape index (κ1) is 31.6. The highest BCUT2D eigenvalue weighted by atomic mass is 32.1. The number of allylic oxidation sites excluding steroid dienone is 6. The van der Waals surface area contributed by atoms with Crippen molar-refractivity contribution in [3.8, 4) is 0 Å². The third-order valence-corrected chi connectivity index (χ3v) is 13.5. The van der Waals surface area contributed by atoms with Crippen molar-refractivity contribution < 1.29 is 0 Å². The van der Waals surface area contributed by atoms with E-state index in [0.29, 0.717) is 0 Å². The molecule has 1 aliphatic heterocycles. The van der Waals surface area contributed by atoms with Crippen molar-refractivity contribution >= 4 is 71.1 Å². The van der Waals surface area contributed by atoms with Gasteiger partial charge in [-0.2, -0.15) is 0 Å². The van der Waals surface area contributed by atoms with Crippen LogP contribution in [0.1, 0.15) is 54.9 Å². The van der Waals surface area contributed by atoms with E-state index < -0.39 is 0 Å². The Balaban J connectivity index is 1.04. The smallest absolute Gasteiger partial charge is 0.0630 e. The molecule has 3 heteroatoms. The Morgan fingerprint density at radius 2 is 1.43 bits per heavy atom. The molecule has 6 aromatic carbocycles. The van der Waals surface area contributed by atoms with E-state index >= 15 is 0 Å². The lowest BCUT2D eigenvalue weighted by Crippen LogP contribution is -2.29. The molecular weight excluding hydrogens is 673 g/mol. The maximum atomic E-state index is 2.60. The zero-order chi connectivity index (χ0) is 36.0. The van der Waals surface area contributed by atoms with Crippen molar-refractivity contribution in [2.24, 2.45) is 0 Å². The Morgan fingerprint density at radius 1 is 0.685 bits per heavy atom. The van der Waals surface area contributed by atoms with Crippen molar-refractivity contribution in [2.45, 2.75) is 44.1 Å². The number of thiophene rings is 1. The SMILES string of the molecule is CC1(C)C2=C(CCC=C2)c2cc3c(cc21)N(c1ccccc1)C1C=CC(c2cccc4c2sc2ccc(N(c5ccccc5)c5ccccc5)cc24)=CC31. The van der Waals surface area contributed by atoms with Gasteiger partial charge in [0.05, 0.1) is 6.04 Å². The highest BCUT2D eigenvalue weighted by Gasteiger charge is 2.43. The minimum absolute atomic E-state index is 0.000511. The van der Waals surface area contributed by atoms with E-state index in [2.05, 4.69) is 194 Å². The average molecular weight is 713 g/mol. The van der Waals surface area contributed by atoms with Crippen LogP contribution in [0.25, 0.3) is 31.3 Å². The van der Waals surface area contributed by atoms with Crippen LogP contribution in [0.2, 0.25) is 0 Å². The fourth-order valence-electron chi connectivity index (χ4n) is 9.71. The topological polar surface area (TPSA) is 6.48 Å². The summed E-state index contributed by atoms with van der Waals surface area (Å²) in [5.74, 6) is 0.249. The summed E-state index contributed by atoms with van der Waals surface area (Å²) in [5, 5.41) is 2.61. The largest absolute Gasteiger partial charge is 0.333 e. The summed E-state index contributed by atoms with van der Waals surface area (Å²) >= 11 is 1.91. The normalized spacial score (nSPS) is 19.1. The van der Waals surface area contributed by atoms with Crippen LogP contribution in [0.5, 0.6) is 0 Å². The third kappa shape index (κ3) is 4.71. The van der Waals surface area contributed by atoms with Gasteiger partial charge in [0.15, 0.2) is 0 Å². The van der Waals surface area contributed by atoms with Crippen LogP contribution >= 0.6 is 11.3 Å². The fourth-order valence-corrected chi connectivity index (χ4v) is 10.9. The summed E-state index contributed by atoms with van der Waals surface area (Å²) < 4.78 is 2.66. The number of fused-ring (bicyclic) bond motifs is 8. The summed E-state index contributed by atoms with van der Waals surface area (Å²) in [4.78, 5) is 4.95. The zero-order valence-corrected chi connectivity index (χ0v) is 31.4. The zero-order valence-electron chi connectivity index (χ0n) is 30.5. The molecule has 2 unspecified atom stereocenters.